The summed E-state index contributed by atoms with van der Waals surface area (Å²) in [5, 5.41) is 2.88. The van der Waals surface area contributed by atoms with E-state index < -0.39 is 11.5 Å². The number of aromatic nitrogens is 1. The number of methoxy groups -OCH3 is 1. The van der Waals surface area contributed by atoms with Gasteiger partial charge in [-0.2, -0.15) is 0 Å². The molecule has 2 heterocycles. The number of nitrogens with one attached hydrogen (secondary N) is 2. The zero-order chi connectivity index (χ0) is 19.4. The van der Waals surface area contributed by atoms with Gasteiger partial charge in [0, 0.05) is 24.8 Å². The van der Waals surface area contributed by atoms with Crippen LogP contribution in [0.5, 0.6) is 0 Å². The molecule has 0 aliphatic carbocycles. The second-order valence-corrected chi connectivity index (χ2v) is 6.69. The van der Waals surface area contributed by atoms with Crippen LogP contribution < -0.4 is 10.9 Å². The zero-order valence-electron chi connectivity index (χ0n) is 15.5. The van der Waals surface area contributed by atoms with Crippen LogP contribution in [0.3, 0.4) is 0 Å². The quantitative estimate of drug-likeness (QED) is 0.868. The minimum Gasteiger partial charge on any atom is -0.453 e. The molecule has 0 atom stereocenters. The van der Waals surface area contributed by atoms with Gasteiger partial charge in [0.1, 0.15) is 5.56 Å². The first-order valence-electron chi connectivity index (χ1n) is 8.92. The fourth-order valence-electron chi connectivity index (χ4n) is 3.23. The van der Waals surface area contributed by atoms with E-state index in [1.54, 1.807) is 17.0 Å². The molecule has 0 saturated carbocycles. The third-order valence-corrected chi connectivity index (χ3v) is 4.75. The summed E-state index contributed by atoms with van der Waals surface area (Å²) >= 11 is 0. The van der Waals surface area contributed by atoms with Crippen LogP contribution in [0.4, 0.5) is 4.79 Å². The molecular weight excluding hydrogens is 346 g/mol. The Labute approximate surface area is 157 Å². The number of hydrogen-bond acceptors (Lipinski definition) is 4. The van der Waals surface area contributed by atoms with Gasteiger partial charge in [-0.3, -0.25) is 9.59 Å². The molecule has 1 aromatic carbocycles. The third kappa shape index (κ3) is 4.36. The zero-order valence-corrected chi connectivity index (χ0v) is 15.5. The van der Waals surface area contributed by atoms with Crippen molar-refractivity contribution in [2.24, 2.45) is 0 Å². The topological polar surface area (TPSA) is 91.5 Å². The highest BCUT2D eigenvalue weighted by molar-refractivity contribution is 5.94. The van der Waals surface area contributed by atoms with Crippen LogP contribution >= 0.6 is 0 Å². The molecule has 142 valence electrons. The van der Waals surface area contributed by atoms with Crippen molar-refractivity contribution in [3.05, 3.63) is 57.9 Å². The van der Waals surface area contributed by atoms with Crippen molar-refractivity contribution in [2.45, 2.75) is 25.8 Å². The summed E-state index contributed by atoms with van der Waals surface area (Å²) in [6.45, 7) is 3.01. The van der Waals surface area contributed by atoms with Gasteiger partial charge in [0.2, 0.25) is 0 Å². The van der Waals surface area contributed by atoms with Gasteiger partial charge >= 0.3 is 6.09 Å². The van der Waals surface area contributed by atoms with Crippen LogP contribution in [0.25, 0.3) is 11.3 Å². The Balaban J connectivity index is 1.66. The number of carbonyl (C=O) groups is 2. The Morgan fingerprint density at radius 2 is 1.93 bits per heavy atom. The lowest BCUT2D eigenvalue weighted by Crippen LogP contribution is -2.47. The number of ether oxygens (including phenoxy) is 1. The van der Waals surface area contributed by atoms with E-state index in [9.17, 15) is 14.4 Å². The summed E-state index contributed by atoms with van der Waals surface area (Å²) in [4.78, 5) is 40.7. The largest absolute Gasteiger partial charge is 0.453 e. The highest BCUT2D eigenvalue weighted by Gasteiger charge is 2.25. The molecule has 1 saturated heterocycles. The summed E-state index contributed by atoms with van der Waals surface area (Å²) in [5.41, 5.74) is 2.33. The minimum absolute atomic E-state index is 0.0748. The number of aromatic amines is 1. The summed E-state index contributed by atoms with van der Waals surface area (Å²) in [6, 6.07) is 11.0. The summed E-state index contributed by atoms with van der Waals surface area (Å²) in [6.07, 6.45) is 0.892. The number of piperidine rings is 1. The van der Waals surface area contributed by atoms with Gasteiger partial charge < -0.3 is 19.9 Å². The number of benzene rings is 1. The van der Waals surface area contributed by atoms with Crippen LogP contribution in [0.2, 0.25) is 0 Å². The highest BCUT2D eigenvalue weighted by Crippen LogP contribution is 2.17. The lowest BCUT2D eigenvalue weighted by Gasteiger charge is -2.31. The molecule has 2 amide bonds. The molecule has 2 aromatic rings. The second-order valence-electron chi connectivity index (χ2n) is 6.69. The fourth-order valence-corrected chi connectivity index (χ4v) is 3.23. The average Bonchev–Trinajstić information content (AvgIpc) is 2.67. The number of aryl methyl sites for hydroxylation is 1. The molecule has 1 aliphatic rings. The summed E-state index contributed by atoms with van der Waals surface area (Å²) < 4.78 is 4.70. The van der Waals surface area contributed by atoms with Crippen LogP contribution in [0.15, 0.2) is 41.2 Å². The second kappa shape index (κ2) is 8.07. The standard InChI is InChI=1S/C20H23N3O4/c1-13-4-3-5-14(12-13)17-7-6-16(19(25)22-17)18(24)21-15-8-10-23(11-9-15)20(26)27-2/h3-7,12,15H,8-11H2,1-2H3,(H,21,24)(H,22,25). The molecule has 0 bridgehead atoms. The number of likely N-dealkylation sites (tertiary alicyclic amines) is 1. The Bertz CT molecular complexity index is 898. The predicted molar refractivity (Wildman–Crippen MR) is 102 cm³/mol. The molecule has 1 fully saturated rings. The van der Waals surface area contributed by atoms with E-state index in [1.165, 1.54) is 7.11 Å². The lowest BCUT2D eigenvalue weighted by atomic mass is 10.0. The molecule has 0 spiro atoms. The van der Waals surface area contributed by atoms with Crippen molar-refractivity contribution in [3.63, 3.8) is 0 Å². The summed E-state index contributed by atoms with van der Waals surface area (Å²) in [5.74, 6) is -0.399. The smallest absolute Gasteiger partial charge is 0.409 e. The van der Waals surface area contributed by atoms with Gasteiger partial charge in [0.25, 0.3) is 11.5 Å². The van der Waals surface area contributed by atoms with Crippen molar-refractivity contribution in [1.29, 1.82) is 0 Å². The average molecular weight is 369 g/mol. The molecule has 1 aromatic heterocycles. The first-order valence-corrected chi connectivity index (χ1v) is 8.92. The Morgan fingerprint density at radius 3 is 2.56 bits per heavy atom. The molecule has 27 heavy (non-hydrogen) atoms. The van der Waals surface area contributed by atoms with E-state index in [-0.39, 0.29) is 17.7 Å². The highest BCUT2D eigenvalue weighted by atomic mass is 16.5. The van der Waals surface area contributed by atoms with Gasteiger partial charge in [0.15, 0.2) is 0 Å². The molecule has 2 N–H and O–H groups in total. The molecular formula is C20H23N3O4. The number of rotatable bonds is 3. The van der Waals surface area contributed by atoms with E-state index in [1.807, 2.05) is 31.2 Å². The molecule has 7 nitrogen and oxygen atoms in total. The van der Waals surface area contributed by atoms with Crippen molar-refractivity contribution in [3.8, 4) is 11.3 Å². The van der Waals surface area contributed by atoms with E-state index in [2.05, 4.69) is 10.3 Å². The predicted octanol–water partition coefficient (Wildman–Crippen LogP) is 2.31. The normalized spacial score (nSPS) is 14.7. The number of hydrogen-bond donors (Lipinski definition) is 2. The maximum Gasteiger partial charge on any atom is 0.409 e. The number of carbonyl (C=O) groups excluding carboxylic acids is 2. The van der Waals surface area contributed by atoms with E-state index in [0.717, 1.165) is 11.1 Å². The minimum atomic E-state index is -0.418. The van der Waals surface area contributed by atoms with E-state index in [4.69, 9.17) is 4.74 Å². The maximum atomic E-state index is 12.5. The number of pyridine rings is 1. The van der Waals surface area contributed by atoms with Gasteiger partial charge in [-0.1, -0.05) is 23.8 Å². The monoisotopic (exact) mass is 369 g/mol. The maximum absolute atomic E-state index is 12.5. The molecule has 0 unspecified atom stereocenters. The number of amides is 2. The SMILES string of the molecule is COC(=O)N1CCC(NC(=O)c2ccc(-c3cccc(C)c3)[nH]c2=O)CC1. The number of nitrogens with zero attached hydrogens (tertiary/aromatic N) is 1. The Kier molecular flexibility index (Phi) is 5.59. The first kappa shape index (κ1) is 18.7. The fraction of sp³-hybridized carbons (Fsp3) is 0.350. The van der Waals surface area contributed by atoms with Crippen molar-refractivity contribution in [1.82, 2.24) is 15.2 Å². The van der Waals surface area contributed by atoms with Gasteiger partial charge in [0.05, 0.1) is 7.11 Å². The van der Waals surface area contributed by atoms with Gasteiger partial charge in [-0.05, 0) is 43.5 Å². The Morgan fingerprint density at radius 1 is 1.19 bits per heavy atom. The lowest BCUT2D eigenvalue weighted by molar-refractivity contribution is 0.0891. The van der Waals surface area contributed by atoms with Crippen LogP contribution in [0.1, 0.15) is 28.8 Å². The van der Waals surface area contributed by atoms with Crippen molar-refractivity contribution >= 4 is 12.0 Å². The van der Waals surface area contributed by atoms with E-state index in [0.29, 0.717) is 31.6 Å². The van der Waals surface area contributed by atoms with Gasteiger partial charge in [-0.25, -0.2) is 4.79 Å². The van der Waals surface area contributed by atoms with Crippen molar-refractivity contribution < 1.29 is 14.3 Å². The Hall–Kier alpha value is -3.09. The summed E-state index contributed by atoms with van der Waals surface area (Å²) in [7, 11) is 1.35. The molecule has 0 radical (unpaired) electrons. The molecule has 1 aliphatic heterocycles. The van der Waals surface area contributed by atoms with Gasteiger partial charge in [-0.15, -0.1) is 0 Å². The van der Waals surface area contributed by atoms with Crippen LogP contribution in [0, 0.1) is 6.92 Å². The number of H-pyrrole nitrogens is 1. The van der Waals surface area contributed by atoms with E-state index >= 15 is 0 Å². The third-order valence-electron chi connectivity index (χ3n) is 4.75. The van der Waals surface area contributed by atoms with Crippen LogP contribution in [-0.2, 0) is 4.74 Å². The molecule has 7 heteroatoms. The van der Waals surface area contributed by atoms with Crippen LogP contribution in [-0.4, -0.2) is 48.1 Å². The first-order chi connectivity index (χ1) is 13.0. The molecule has 3 rings (SSSR count). The van der Waals surface area contributed by atoms with Crippen molar-refractivity contribution in [2.75, 3.05) is 20.2 Å².